The van der Waals surface area contributed by atoms with E-state index in [0.717, 1.165) is 32.5 Å². The van der Waals surface area contributed by atoms with Crippen LogP contribution in [0, 0.1) is 12.3 Å². The predicted molar refractivity (Wildman–Crippen MR) is 113 cm³/mol. The summed E-state index contributed by atoms with van der Waals surface area (Å²) in [5.41, 5.74) is 6.90. The van der Waals surface area contributed by atoms with Gasteiger partial charge in [-0.15, -0.1) is 11.6 Å². The SMILES string of the molecule is Cc1nc(N2CCC3(CC2)CO[C@@H](C)[C@H]3N)cc(=O)n1C1=C(Cl)[C@H](Cl)CC=C1. The smallest absolute Gasteiger partial charge is 0.260 e. The fourth-order valence-electron chi connectivity index (χ4n) is 4.52. The molecule has 3 heterocycles. The quantitative estimate of drug-likeness (QED) is 0.738. The third kappa shape index (κ3) is 3.30. The number of alkyl halides is 1. The Morgan fingerprint density at radius 2 is 2.07 bits per heavy atom. The lowest BCUT2D eigenvalue weighted by Gasteiger charge is -2.41. The molecular weight excluding hydrogens is 399 g/mol. The number of ether oxygens (including phenoxy) is 1. The Kier molecular flexibility index (Phi) is 5.33. The average molecular weight is 425 g/mol. The molecule has 3 atom stereocenters. The van der Waals surface area contributed by atoms with Gasteiger partial charge in [0, 0.05) is 30.6 Å². The molecule has 28 heavy (non-hydrogen) atoms. The number of rotatable bonds is 2. The van der Waals surface area contributed by atoms with Crippen molar-refractivity contribution in [1.29, 1.82) is 0 Å². The normalized spacial score (nSPS) is 29.8. The van der Waals surface area contributed by atoms with Crippen molar-refractivity contribution in [3.05, 3.63) is 39.4 Å². The van der Waals surface area contributed by atoms with Gasteiger partial charge in [0.2, 0.25) is 0 Å². The number of piperidine rings is 1. The van der Waals surface area contributed by atoms with Gasteiger partial charge < -0.3 is 15.4 Å². The molecule has 3 aliphatic rings. The van der Waals surface area contributed by atoms with Crippen molar-refractivity contribution >= 4 is 34.7 Å². The Bertz CT molecular complexity index is 887. The van der Waals surface area contributed by atoms with Crippen molar-refractivity contribution < 1.29 is 4.74 Å². The van der Waals surface area contributed by atoms with Crippen LogP contribution in [0.25, 0.3) is 5.70 Å². The van der Waals surface area contributed by atoms with Crippen molar-refractivity contribution in [3.8, 4) is 0 Å². The molecule has 2 fully saturated rings. The number of nitrogens with two attached hydrogens (primary N) is 1. The second-order valence-corrected chi connectivity index (χ2v) is 9.00. The molecule has 1 spiro atoms. The van der Waals surface area contributed by atoms with Gasteiger partial charge in [-0.05, 0) is 39.2 Å². The molecule has 0 bridgehead atoms. The van der Waals surface area contributed by atoms with Crippen LogP contribution in [-0.2, 0) is 4.74 Å². The largest absolute Gasteiger partial charge is 0.376 e. The van der Waals surface area contributed by atoms with Gasteiger partial charge in [-0.2, -0.15) is 0 Å². The maximum Gasteiger partial charge on any atom is 0.260 e. The van der Waals surface area contributed by atoms with Crippen LogP contribution in [0.1, 0.15) is 32.0 Å². The fraction of sp³-hybridized carbons (Fsp3) is 0.600. The van der Waals surface area contributed by atoms with E-state index in [1.54, 1.807) is 6.07 Å². The molecule has 2 saturated heterocycles. The molecule has 0 amide bonds. The van der Waals surface area contributed by atoms with Crippen LogP contribution in [0.5, 0.6) is 0 Å². The first-order chi connectivity index (χ1) is 13.3. The second-order valence-electron chi connectivity index (χ2n) is 8.07. The van der Waals surface area contributed by atoms with E-state index in [1.807, 2.05) is 26.0 Å². The lowest BCUT2D eigenvalue weighted by molar-refractivity contribution is 0.0974. The Hall–Kier alpha value is -1.34. The van der Waals surface area contributed by atoms with Crippen LogP contribution < -0.4 is 16.2 Å². The van der Waals surface area contributed by atoms with Gasteiger partial charge in [0.15, 0.2) is 0 Å². The van der Waals surface area contributed by atoms with E-state index in [-0.39, 0.29) is 28.5 Å². The van der Waals surface area contributed by atoms with Crippen molar-refractivity contribution in [3.63, 3.8) is 0 Å². The predicted octanol–water partition coefficient (Wildman–Crippen LogP) is 2.86. The molecule has 2 aliphatic heterocycles. The third-order valence-electron chi connectivity index (χ3n) is 6.38. The zero-order valence-corrected chi connectivity index (χ0v) is 17.7. The summed E-state index contributed by atoms with van der Waals surface area (Å²) in [6, 6.07) is 1.65. The van der Waals surface area contributed by atoms with Crippen molar-refractivity contribution in [2.75, 3.05) is 24.6 Å². The molecule has 0 saturated carbocycles. The highest BCUT2D eigenvalue weighted by Crippen LogP contribution is 2.41. The van der Waals surface area contributed by atoms with Crippen LogP contribution in [-0.4, -0.2) is 46.8 Å². The Labute approximate surface area is 175 Å². The topological polar surface area (TPSA) is 73.4 Å². The number of aromatic nitrogens is 2. The van der Waals surface area contributed by atoms with Crippen molar-refractivity contribution in [1.82, 2.24) is 9.55 Å². The van der Waals surface area contributed by atoms with Crippen LogP contribution >= 0.6 is 23.2 Å². The zero-order chi connectivity index (χ0) is 20.1. The molecular formula is C20H26Cl2N4O2. The molecule has 152 valence electrons. The molecule has 0 aromatic carbocycles. The molecule has 2 N–H and O–H groups in total. The average Bonchev–Trinajstić information content (AvgIpc) is 2.94. The zero-order valence-electron chi connectivity index (χ0n) is 16.2. The van der Waals surface area contributed by atoms with Gasteiger partial charge in [0.05, 0.1) is 28.8 Å². The summed E-state index contributed by atoms with van der Waals surface area (Å²) in [5, 5.41) is 0.166. The molecule has 1 aromatic rings. The maximum absolute atomic E-state index is 12.9. The molecule has 6 nitrogen and oxygen atoms in total. The number of hydrogen-bond acceptors (Lipinski definition) is 5. The summed E-state index contributed by atoms with van der Waals surface area (Å²) in [4.78, 5) is 19.7. The molecule has 1 aliphatic carbocycles. The molecule has 0 unspecified atom stereocenters. The van der Waals surface area contributed by atoms with E-state index >= 15 is 0 Å². The number of allylic oxidation sites excluding steroid dienone is 4. The first-order valence-corrected chi connectivity index (χ1v) is 10.6. The van der Waals surface area contributed by atoms with Crippen LogP contribution in [0.3, 0.4) is 0 Å². The molecule has 4 rings (SSSR count). The van der Waals surface area contributed by atoms with Crippen molar-refractivity contribution in [2.24, 2.45) is 11.1 Å². The van der Waals surface area contributed by atoms with Gasteiger partial charge >= 0.3 is 0 Å². The first-order valence-electron chi connectivity index (χ1n) is 9.76. The Morgan fingerprint density at radius 3 is 2.68 bits per heavy atom. The van der Waals surface area contributed by atoms with E-state index in [1.165, 1.54) is 4.57 Å². The van der Waals surface area contributed by atoms with E-state index < -0.39 is 0 Å². The lowest BCUT2D eigenvalue weighted by atomic mass is 9.73. The third-order valence-corrected chi connectivity index (χ3v) is 7.35. The number of anilines is 1. The van der Waals surface area contributed by atoms with Crippen LogP contribution in [0.4, 0.5) is 5.82 Å². The summed E-state index contributed by atoms with van der Waals surface area (Å²) in [6.07, 6.45) is 6.40. The minimum Gasteiger partial charge on any atom is -0.376 e. The van der Waals surface area contributed by atoms with Crippen LogP contribution in [0.2, 0.25) is 0 Å². The second kappa shape index (κ2) is 7.48. The van der Waals surface area contributed by atoms with E-state index in [2.05, 4.69) is 4.90 Å². The summed E-state index contributed by atoms with van der Waals surface area (Å²) in [6.45, 7) is 6.21. The van der Waals surface area contributed by atoms with Gasteiger partial charge in [-0.25, -0.2) is 4.98 Å². The fourth-order valence-corrected chi connectivity index (χ4v) is 4.97. The number of halogens is 2. The first kappa shape index (κ1) is 20.0. The van der Waals surface area contributed by atoms with E-state index in [4.69, 9.17) is 38.7 Å². The maximum atomic E-state index is 12.9. The highest BCUT2D eigenvalue weighted by Gasteiger charge is 2.47. The molecule has 1 aromatic heterocycles. The standard InChI is InChI=1S/C20H26Cl2N4O2/c1-12-19(23)20(11-28-12)6-8-25(9-7-20)16-10-17(27)26(13(2)24-16)15-5-3-4-14(21)18(15)22/h3,5,10,12,14,19H,4,6-9,11,23H2,1-2H3/t12-,14+,19+/m0/s1. The molecule has 8 heteroatoms. The van der Waals surface area contributed by atoms with Gasteiger partial charge in [0.25, 0.3) is 5.56 Å². The minimum atomic E-state index is -0.314. The van der Waals surface area contributed by atoms with Gasteiger partial charge in [-0.3, -0.25) is 9.36 Å². The van der Waals surface area contributed by atoms with Crippen LogP contribution in [0.15, 0.2) is 28.0 Å². The Balaban J connectivity index is 1.58. The van der Waals surface area contributed by atoms with Gasteiger partial charge in [0.1, 0.15) is 11.6 Å². The van der Waals surface area contributed by atoms with E-state index in [0.29, 0.717) is 28.8 Å². The number of aryl methyl sites for hydroxylation is 1. The highest BCUT2D eigenvalue weighted by atomic mass is 35.5. The van der Waals surface area contributed by atoms with Crippen molar-refractivity contribution in [2.45, 2.75) is 50.6 Å². The summed E-state index contributed by atoms with van der Waals surface area (Å²) in [5.74, 6) is 1.30. The number of nitrogens with zero attached hydrogens (tertiary/aromatic N) is 3. The Morgan fingerprint density at radius 1 is 1.36 bits per heavy atom. The molecule has 0 radical (unpaired) electrons. The monoisotopic (exact) mass is 424 g/mol. The number of hydrogen-bond donors (Lipinski definition) is 1. The van der Waals surface area contributed by atoms with E-state index in [9.17, 15) is 4.79 Å². The summed E-state index contributed by atoms with van der Waals surface area (Å²) < 4.78 is 7.32. The summed E-state index contributed by atoms with van der Waals surface area (Å²) in [7, 11) is 0. The highest BCUT2D eigenvalue weighted by molar-refractivity contribution is 6.39. The summed E-state index contributed by atoms with van der Waals surface area (Å²) >= 11 is 12.6. The lowest BCUT2D eigenvalue weighted by Crippen LogP contribution is -2.51. The minimum absolute atomic E-state index is 0.0422. The van der Waals surface area contributed by atoms with Gasteiger partial charge in [-0.1, -0.05) is 17.7 Å².